The Kier molecular flexibility index (Phi) is 2.26. The van der Waals surface area contributed by atoms with Crippen molar-refractivity contribution in [3.8, 4) is 0 Å². The van der Waals surface area contributed by atoms with Crippen LogP contribution in [0.2, 0.25) is 0 Å². The maximum atomic E-state index is 11.4. The highest BCUT2D eigenvalue weighted by molar-refractivity contribution is 5.74. The Balaban J connectivity index is 2.39. The van der Waals surface area contributed by atoms with E-state index in [4.69, 9.17) is 0 Å². The van der Waals surface area contributed by atoms with Gasteiger partial charge in [0.15, 0.2) is 0 Å². The lowest BCUT2D eigenvalue weighted by molar-refractivity contribution is -0.154. The Hall–Kier alpha value is -0.530. The van der Waals surface area contributed by atoms with Gasteiger partial charge in [0.05, 0.1) is 5.41 Å². The lowest BCUT2D eigenvalue weighted by Gasteiger charge is -2.44. The zero-order valence-corrected chi connectivity index (χ0v) is 11.1. The van der Waals surface area contributed by atoms with Gasteiger partial charge in [0.2, 0.25) is 0 Å². The fourth-order valence-corrected chi connectivity index (χ4v) is 4.44. The minimum absolute atomic E-state index is 0.208. The van der Waals surface area contributed by atoms with Crippen LogP contribution in [0.25, 0.3) is 0 Å². The number of aliphatic carboxylic acids is 1. The molecule has 0 amide bonds. The van der Waals surface area contributed by atoms with E-state index in [1.165, 1.54) is 12.8 Å². The quantitative estimate of drug-likeness (QED) is 0.778. The van der Waals surface area contributed by atoms with Crippen LogP contribution in [0, 0.1) is 28.1 Å². The summed E-state index contributed by atoms with van der Waals surface area (Å²) < 4.78 is 0. The molecule has 3 atom stereocenters. The van der Waals surface area contributed by atoms with Gasteiger partial charge in [-0.15, -0.1) is 0 Å². The van der Waals surface area contributed by atoms with E-state index >= 15 is 0 Å². The summed E-state index contributed by atoms with van der Waals surface area (Å²) in [6, 6.07) is 0. The van der Waals surface area contributed by atoms with Crippen molar-refractivity contribution in [1.29, 1.82) is 0 Å². The van der Waals surface area contributed by atoms with E-state index in [2.05, 4.69) is 20.8 Å². The first-order valence-electron chi connectivity index (χ1n) is 6.37. The minimum atomic E-state index is -0.637. The second-order valence-corrected chi connectivity index (χ2v) is 7.19. The van der Waals surface area contributed by atoms with Gasteiger partial charge in [0.25, 0.3) is 0 Å². The SMILES string of the molecule is CC(C)(C(=O)O)C1CC2CCC1(C)C2(C)C. The first-order valence-corrected chi connectivity index (χ1v) is 6.37. The molecule has 0 spiro atoms. The lowest BCUT2D eigenvalue weighted by Crippen LogP contribution is -2.43. The van der Waals surface area contributed by atoms with Crippen LogP contribution in [0.4, 0.5) is 0 Å². The molecule has 92 valence electrons. The fraction of sp³-hybridized carbons (Fsp3) is 0.929. The first kappa shape index (κ1) is 11.9. The van der Waals surface area contributed by atoms with Crippen LogP contribution >= 0.6 is 0 Å². The maximum absolute atomic E-state index is 11.4. The number of carboxylic acid groups (broad SMARTS) is 1. The van der Waals surface area contributed by atoms with Crippen LogP contribution < -0.4 is 0 Å². The molecule has 2 rings (SSSR count). The summed E-state index contributed by atoms with van der Waals surface area (Å²) in [5.74, 6) is 0.412. The van der Waals surface area contributed by atoms with E-state index < -0.39 is 11.4 Å². The Morgan fingerprint density at radius 2 is 1.88 bits per heavy atom. The summed E-state index contributed by atoms with van der Waals surface area (Å²) in [6.45, 7) is 10.8. The van der Waals surface area contributed by atoms with Crippen molar-refractivity contribution in [3.63, 3.8) is 0 Å². The Morgan fingerprint density at radius 3 is 2.19 bits per heavy atom. The van der Waals surface area contributed by atoms with Gasteiger partial charge in [-0.3, -0.25) is 4.79 Å². The molecule has 2 aliphatic rings. The van der Waals surface area contributed by atoms with Gasteiger partial charge >= 0.3 is 5.97 Å². The molecule has 0 heterocycles. The average Bonchev–Trinajstić information content (AvgIpc) is 2.48. The smallest absolute Gasteiger partial charge is 0.309 e. The minimum Gasteiger partial charge on any atom is -0.481 e. The topological polar surface area (TPSA) is 37.3 Å². The van der Waals surface area contributed by atoms with E-state index in [1.54, 1.807) is 0 Å². The third kappa shape index (κ3) is 1.16. The molecule has 0 saturated heterocycles. The molecule has 0 aromatic heterocycles. The molecule has 2 saturated carbocycles. The molecule has 0 aromatic carbocycles. The number of fused-ring (bicyclic) bond motifs is 2. The zero-order chi connectivity index (χ0) is 12.4. The fourth-order valence-electron chi connectivity index (χ4n) is 4.44. The van der Waals surface area contributed by atoms with Crippen LogP contribution in [0.3, 0.4) is 0 Å². The molecule has 0 aliphatic heterocycles. The molecule has 2 aliphatic carbocycles. The Labute approximate surface area is 98.4 Å². The van der Waals surface area contributed by atoms with Gasteiger partial charge < -0.3 is 5.11 Å². The first-order chi connectivity index (χ1) is 7.14. The van der Waals surface area contributed by atoms with Crippen LogP contribution in [0.5, 0.6) is 0 Å². The van der Waals surface area contributed by atoms with E-state index in [-0.39, 0.29) is 5.41 Å². The largest absolute Gasteiger partial charge is 0.481 e. The second kappa shape index (κ2) is 3.02. The van der Waals surface area contributed by atoms with Gasteiger partial charge in [-0.05, 0) is 55.8 Å². The molecule has 3 unspecified atom stereocenters. The van der Waals surface area contributed by atoms with Crippen molar-refractivity contribution in [2.24, 2.45) is 28.1 Å². The molecular weight excluding hydrogens is 200 g/mol. The summed E-state index contributed by atoms with van der Waals surface area (Å²) in [5, 5.41) is 9.41. The van der Waals surface area contributed by atoms with Crippen LogP contribution in [-0.2, 0) is 4.79 Å². The summed E-state index contributed by atoms with van der Waals surface area (Å²) in [6.07, 6.45) is 3.59. The number of hydrogen-bond acceptors (Lipinski definition) is 1. The van der Waals surface area contributed by atoms with Gasteiger partial charge in [-0.2, -0.15) is 0 Å². The summed E-state index contributed by atoms with van der Waals surface area (Å²) >= 11 is 0. The molecule has 1 N–H and O–H groups in total. The van der Waals surface area contributed by atoms with Crippen molar-refractivity contribution >= 4 is 5.97 Å². The van der Waals surface area contributed by atoms with Crippen molar-refractivity contribution in [2.45, 2.75) is 53.9 Å². The highest BCUT2D eigenvalue weighted by Gasteiger charge is 2.65. The van der Waals surface area contributed by atoms with E-state index in [0.29, 0.717) is 11.3 Å². The molecule has 2 nitrogen and oxygen atoms in total. The zero-order valence-electron chi connectivity index (χ0n) is 11.1. The third-order valence-electron chi connectivity index (χ3n) is 6.22. The van der Waals surface area contributed by atoms with E-state index in [1.807, 2.05) is 13.8 Å². The highest BCUT2D eigenvalue weighted by Crippen LogP contribution is 2.71. The molecule has 0 aromatic rings. The van der Waals surface area contributed by atoms with Crippen LogP contribution in [-0.4, -0.2) is 11.1 Å². The van der Waals surface area contributed by atoms with Crippen molar-refractivity contribution in [1.82, 2.24) is 0 Å². The maximum Gasteiger partial charge on any atom is 0.309 e. The molecule has 2 heteroatoms. The predicted molar refractivity (Wildman–Crippen MR) is 64.1 cm³/mol. The standard InChI is InChI=1S/C14H24O2/c1-12(2,11(15)16)10-8-9-6-7-14(10,5)13(9,3)4/h9-10H,6-8H2,1-5H3,(H,15,16). The molecular formula is C14H24O2. The number of carboxylic acids is 1. The third-order valence-corrected chi connectivity index (χ3v) is 6.22. The van der Waals surface area contributed by atoms with Crippen LogP contribution in [0.1, 0.15) is 53.9 Å². The number of hydrogen-bond donors (Lipinski definition) is 1. The van der Waals surface area contributed by atoms with Crippen molar-refractivity contribution in [3.05, 3.63) is 0 Å². The predicted octanol–water partition coefficient (Wildman–Crippen LogP) is 3.56. The number of rotatable bonds is 2. The average molecular weight is 224 g/mol. The number of carbonyl (C=O) groups is 1. The highest BCUT2D eigenvalue weighted by atomic mass is 16.4. The van der Waals surface area contributed by atoms with Gasteiger partial charge in [0, 0.05) is 0 Å². The molecule has 2 bridgehead atoms. The van der Waals surface area contributed by atoms with Gasteiger partial charge in [-0.25, -0.2) is 0 Å². The van der Waals surface area contributed by atoms with Crippen molar-refractivity contribution < 1.29 is 9.90 Å². The van der Waals surface area contributed by atoms with E-state index in [9.17, 15) is 9.90 Å². The van der Waals surface area contributed by atoms with E-state index in [0.717, 1.165) is 12.3 Å². The van der Waals surface area contributed by atoms with Crippen molar-refractivity contribution in [2.75, 3.05) is 0 Å². The molecule has 0 radical (unpaired) electrons. The lowest BCUT2D eigenvalue weighted by atomic mass is 9.59. The summed E-state index contributed by atoms with van der Waals surface area (Å²) in [4.78, 5) is 11.4. The Morgan fingerprint density at radius 1 is 1.31 bits per heavy atom. The van der Waals surface area contributed by atoms with Gasteiger partial charge in [-0.1, -0.05) is 20.8 Å². The summed E-state index contributed by atoms with van der Waals surface area (Å²) in [5.41, 5.74) is -0.0644. The summed E-state index contributed by atoms with van der Waals surface area (Å²) in [7, 11) is 0. The van der Waals surface area contributed by atoms with Crippen LogP contribution in [0.15, 0.2) is 0 Å². The normalized spacial score (nSPS) is 41.3. The second-order valence-electron chi connectivity index (χ2n) is 7.19. The molecule has 16 heavy (non-hydrogen) atoms. The monoisotopic (exact) mass is 224 g/mol. The van der Waals surface area contributed by atoms with Gasteiger partial charge in [0.1, 0.15) is 0 Å². The molecule has 2 fully saturated rings. The Bertz CT molecular complexity index is 330.